The molecule has 3 aromatic rings. The van der Waals surface area contributed by atoms with E-state index in [1.165, 1.54) is 18.2 Å². The zero-order valence-electron chi connectivity index (χ0n) is 14.9. The van der Waals surface area contributed by atoms with Gasteiger partial charge in [0, 0.05) is 27.5 Å². The largest absolute Gasteiger partial charge is 0.507 e. The Morgan fingerprint density at radius 1 is 1.14 bits per heavy atom. The van der Waals surface area contributed by atoms with Crippen molar-refractivity contribution in [1.29, 1.82) is 0 Å². The van der Waals surface area contributed by atoms with E-state index in [0.29, 0.717) is 16.9 Å². The molecule has 0 spiro atoms. The molecule has 0 aliphatic rings. The Bertz CT molecular complexity index is 1150. The number of carbonyl (C=O) groups is 1. The van der Waals surface area contributed by atoms with Crippen LogP contribution >= 0.6 is 0 Å². The van der Waals surface area contributed by atoms with Gasteiger partial charge in [0.2, 0.25) is 0 Å². The van der Waals surface area contributed by atoms with Gasteiger partial charge in [0.25, 0.3) is 5.91 Å². The molecule has 136 valence electrons. The number of amides is 1. The van der Waals surface area contributed by atoms with E-state index in [9.17, 15) is 9.90 Å². The van der Waals surface area contributed by atoms with Crippen molar-refractivity contribution in [2.45, 2.75) is 6.92 Å². The fourth-order valence-electron chi connectivity index (χ4n) is 2.45. The summed E-state index contributed by atoms with van der Waals surface area (Å²) >= 11 is 0. The number of aryl methyl sites for hydroxylation is 1. The molecule has 0 bridgehead atoms. The van der Waals surface area contributed by atoms with Crippen molar-refractivity contribution in [3.8, 4) is 17.6 Å². The number of nitrogens with one attached hydrogen (secondary N) is 1. The van der Waals surface area contributed by atoms with Crippen LogP contribution in [0.4, 0.5) is 11.4 Å². The predicted octanol–water partition coefficient (Wildman–Crippen LogP) is 4.69. The molecule has 0 aliphatic heterocycles. The maximum Gasteiger partial charge on any atom is 0.259 e. The number of azide groups is 1. The first-order chi connectivity index (χ1) is 13.5. The van der Waals surface area contributed by atoms with Crippen LogP contribution in [0.2, 0.25) is 0 Å². The summed E-state index contributed by atoms with van der Waals surface area (Å²) in [5, 5.41) is 16.1. The molecular formula is C21H15N5O2. The molecule has 0 saturated heterocycles. The molecule has 1 heterocycles. The molecule has 2 aromatic carbocycles. The number of anilines is 1. The van der Waals surface area contributed by atoms with E-state index in [4.69, 9.17) is 5.53 Å². The number of aromatic hydroxyl groups is 1. The summed E-state index contributed by atoms with van der Waals surface area (Å²) < 4.78 is 0. The Balaban J connectivity index is 1.78. The fourth-order valence-corrected chi connectivity index (χ4v) is 2.45. The highest BCUT2D eigenvalue weighted by molar-refractivity contribution is 6.06. The number of hydrogen-bond acceptors (Lipinski definition) is 4. The molecule has 1 aromatic heterocycles. The van der Waals surface area contributed by atoms with E-state index in [1.807, 2.05) is 31.2 Å². The maximum absolute atomic E-state index is 12.4. The number of phenols is 1. The molecule has 0 unspecified atom stereocenters. The van der Waals surface area contributed by atoms with E-state index in [-0.39, 0.29) is 17.0 Å². The van der Waals surface area contributed by atoms with Gasteiger partial charge in [-0.05, 0) is 60.8 Å². The molecule has 1 amide bonds. The second kappa shape index (κ2) is 8.41. The first-order valence-electron chi connectivity index (χ1n) is 8.30. The summed E-state index contributed by atoms with van der Waals surface area (Å²) in [6.45, 7) is 1.90. The smallest absolute Gasteiger partial charge is 0.259 e. The number of carbonyl (C=O) groups excluding carboxylic acids is 1. The first-order valence-corrected chi connectivity index (χ1v) is 8.30. The van der Waals surface area contributed by atoms with Gasteiger partial charge in [-0.25, -0.2) is 4.98 Å². The molecule has 7 nitrogen and oxygen atoms in total. The van der Waals surface area contributed by atoms with Gasteiger partial charge in [0.15, 0.2) is 0 Å². The first kappa shape index (κ1) is 18.5. The van der Waals surface area contributed by atoms with Crippen LogP contribution < -0.4 is 5.32 Å². The molecule has 0 radical (unpaired) electrons. The highest BCUT2D eigenvalue weighted by Gasteiger charge is 2.12. The van der Waals surface area contributed by atoms with Crippen LogP contribution in [0.25, 0.3) is 10.4 Å². The monoisotopic (exact) mass is 369 g/mol. The van der Waals surface area contributed by atoms with Gasteiger partial charge < -0.3 is 10.4 Å². The van der Waals surface area contributed by atoms with Crippen LogP contribution in [0, 0.1) is 18.8 Å². The number of pyridine rings is 1. The fraction of sp³-hybridized carbons (Fsp3) is 0.0476. The third kappa shape index (κ3) is 4.67. The van der Waals surface area contributed by atoms with Crippen LogP contribution in [0.3, 0.4) is 0 Å². The third-order valence-corrected chi connectivity index (χ3v) is 3.73. The van der Waals surface area contributed by atoms with Crippen molar-refractivity contribution in [3.63, 3.8) is 0 Å². The van der Waals surface area contributed by atoms with Crippen molar-refractivity contribution < 1.29 is 9.90 Å². The summed E-state index contributed by atoms with van der Waals surface area (Å²) in [4.78, 5) is 19.4. The Hall–Kier alpha value is -4.27. The van der Waals surface area contributed by atoms with E-state index >= 15 is 0 Å². The van der Waals surface area contributed by atoms with Gasteiger partial charge in [0.1, 0.15) is 11.4 Å². The number of aromatic nitrogens is 1. The Morgan fingerprint density at radius 3 is 2.71 bits per heavy atom. The molecule has 2 N–H and O–H groups in total. The number of nitrogens with zero attached hydrogens (tertiary/aromatic N) is 4. The number of rotatable bonds is 3. The van der Waals surface area contributed by atoms with Crippen LogP contribution in [0.5, 0.6) is 5.75 Å². The molecule has 0 saturated carbocycles. The van der Waals surface area contributed by atoms with Crippen molar-refractivity contribution in [2.24, 2.45) is 5.11 Å². The Kier molecular flexibility index (Phi) is 5.56. The van der Waals surface area contributed by atoms with Gasteiger partial charge in [0.05, 0.1) is 5.56 Å². The van der Waals surface area contributed by atoms with Gasteiger partial charge in [-0.1, -0.05) is 29.2 Å². The van der Waals surface area contributed by atoms with Crippen molar-refractivity contribution in [2.75, 3.05) is 5.32 Å². The summed E-state index contributed by atoms with van der Waals surface area (Å²) in [6, 6.07) is 16.7. The Morgan fingerprint density at radius 2 is 1.96 bits per heavy atom. The lowest BCUT2D eigenvalue weighted by Gasteiger charge is -2.07. The Labute approximate surface area is 161 Å². The lowest BCUT2D eigenvalue weighted by molar-refractivity contribution is 0.102. The third-order valence-electron chi connectivity index (χ3n) is 3.73. The standard InChI is InChI=1S/C21H15N5O2/c1-14-4-2-6-16(23-14)9-8-15-5-3-7-17(12-15)24-21(28)19-11-10-18(25-26-22)13-20(19)27/h2-7,10-13,27H,1H3,(H,24,28). The zero-order chi connectivity index (χ0) is 19.9. The SMILES string of the molecule is Cc1cccc(C#Cc2cccc(NC(=O)c3ccc(N=[N+]=[N-])cc3O)c2)n1. The molecular weight excluding hydrogens is 354 g/mol. The lowest BCUT2D eigenvalue weighted by atomic mass is 10.1. The number of hydrogen-bond donors (Lipinski definition) is 2. The van der Waals surface area contributed by atoms with Crippen LogP contribution in [-0.2, 0) is 0 Å². The van der Waals surface area contributed by atoms with E-state index in [1.54, 1.807) is 18.2 Å². The molecule has 3 rings (SSSR count). The van der Waals surface area contributed by atoms with Crippen molar-refractivity contribution >= 4 is 17.3 Å². The highest BCUT2D eigenvalue weighted by Crippen LogP contribution is 2.25. The second-order valence-electron chi connectivity index (χ2n) is 5.84. The minimum absolute atomic E-state index is 0.0670. The van der Waals surface area contributed by atoms with Gasteiger partial charge >= 0.3 is 0 Å². The summed E-state index contributed by atoms with van der Waals surface area (Å²) in [7, 11) is 0. The predicted molar refractivity (Wildman–Crippen MR) is 106 cm³/mol. The summed E-state index contributed by atoms with van der Waals surface area (Å²) in [5.41, 5.74) is 11.5. The average Bonchev–Trinajstić information content (AvgIpc) is 2.67. The zero-order valence-corrected chi connectivity index (χ0v) is 14.9. The van der Waals surface area contributed by atoms with E-state index in [2.05, 4.69) is 32.2 Å². The summed E-state index contributed by atoms with van der Waals surface area (Å²) in [5.74, 6) is 5.24. The van der Waals surface area contributed by atoms with Gasteiger partial charge in [-0.3, -0.25) is 4.79 Å². The van der Waals surface area contributed by atoms with Gasteiger partial charge in [-0.15, -0.1) is 0 Å². The van der Waals surface area contributed by atoms with E-state index < -0.39 is 5.91 Å². The van der Waals surface area contributed by atoms with E-state index in [0.717, 1.165) is 5.69 Å². The molecule has 0 fully saturated rings. The highest BCUT2D eigenvalue weighted by atomic mass is 16.3. The normalized spacial score (nSPS) is 9.61. The molecule has 0 aliphatic carbocycles. The number of phenolic OH excluding ortho intramolecular Hbond substituents is 1. The van der Waals surface area contributed by atoms with Crippen LogP contribution in [0.15, 0.2) is 65.8 Å². The van der Waals surface area contributed by atoms with Crippen LogP contribution in [0.1, 0.15) is 27.3 Å². The molecule has 0 atom stereocenters. The minimum atomic E-state index is -0.490. The minimum Gasteiger partial charge on any atom is -0.507 e. The average molecular weight is 369 g/mol. The lowest BCUT2D eigenvalue weighted by Crippen LogP contribution is -2.12. The maximum atomic E-state index is 12.4. The summed E-state index contributed by atoms with van der Waals surface area (Å²) in [6.07, 6.45) is 0. The second-order valence-corrected chi connectivity index (χ2v) is 5.84. The van der Waals surface area contributed by atoms with Crippen molar-refractivity contribution in [3.05, 3.63) is 93.6 Å². The molecule has 7 heteroatoms. The van der Waals surface area contributed by atoms with Crippen molar-refractivity contribution in [1.82, 2.24) is 4.98 Å². The number of benzene rings is 2. The van der Waals surface area contributed by atoms with Crippen LogP contribution in [-0.4, -0.2) is 16.0 Å². The molecule has 28 heavy (non-hydrogen) atoms. The topological polar surface area (TPSA) is 111 Å². The van der Waals surface area contributed by atoms with Gasteiger partial charge in [-0.2, -0.15) is 0 Å². The quantitative estimate of drug-likeness (QED) is 0.302.